The number of ether oxygens (including phenoxy) is 1. The van der Waals surface area contributed by atoms with Crippen LogP contribution < -0.4 is 21.7 Å². The molecule has 2 saturated carbocycles. The summed E-state index contributed by atoms with van der Waals surface area (Å²) < 4.78 is 4.54. The van der Waals surface area contributed by atoms with Crippen molar-refractivity contribution in [3.05, 3.63) is 18.3 Å². The standard InChI is InChI=1S/C20H27N7O3/c1-30-18(28)7-5-15(22)19(29)27-17-6-4-14(10-23-17)25-20(24-11-21)26-16-9-12-2-3-13(16)8-12/h4,6,10,12-13,15-16H,2-3,5,7-9,22H2,1H3,(H,23,27,29)(H2,24,25,26)/t12-,13+,15+,16+/m1/s1. The number of anilines is 2. The highest BCUT2D eigenvalue weighted by atomic mass is 16.5. The lowest BCUT2D eigenvalue weighted by Crippen LogP contribution is -2.36. The van der Waals surface area contributed by atoms with Crippen molar-refractivity contribution in [1.82, 2.24) is 10.3 Å². The summed E-state index contributed by atoms with van der Waals surface area (Å²) in [5.74, 6) is 1.25. The molecule has 160 valence electrons. The van der Waals surface area contributed by atoms with Gasteiger partial charge in [-0.25, -0.2) is 9.98 Å². The van der Waals surface area contributed by atoms with E-state index in [4.69, 9.17) is 16.0 Å². The Morgan fingerprint density at radius 2 is 2.20 bits per heavy atom. The molecule has 1 aromatic rings. The van der Waals surface area contributed by atoms with Crippen LogP contribution in [0.4, 0.5) is 11.5 Å². The van der Waals surface area contributed by atoms with E-state index in [0.717, 1.165) is 12.3 Å². The molecule has 1 aromatic heterocycles. The number of hydrogen-bond donors (Lipinski definition) is 4. The molecule has 2 bridgehead atoms. The molecule has 10 nitrogen and oxygen atoms in total. The van der Waals surface area contributed by atoms with Crippen LogP contribution in [0.2, 0.25) is 0 Å². The first kappa shape index (κ1) is 21.5. The number of carbonyl (C=O) groups excluding carboxylic acids is 2. The van der Waals surface area contributed by atoms with Crippen molar-refractivity contribution in [2.45, 2.75) is 50.6 Å². The molecule has 1 amide bonds. The summed E-state index contributed by atoms with van der Waals surface area (Å²) in [6.07, 6.45) is 8.48. The largest absolute Gasteiger partial charge is 0.469 e. The van der Waals surface area contributed by atoms with Gasteiger partial charge in [-0.15, -0.1) is 0 Å². The molecule has 5 N–H and O–H groups in total. The van der Waals surface area contributed by atoms with Gasteiger partial charge in [-0.3, -0.25) is 14.9 Å². The topological polar surface area (TPSA) is 155 Å². The molecule has 3 rings (SSSR count). The highest BCUT2D eigenvalue weighted by Gasteiger charge is 2.39. The van der Waals surface area contributed by atoms with Crippen LogP contribution in [0.15, 0.2) is 23.3 Å². The quantitative estimate of drug-likeness (QED) is 0.172. The van der Waals surface area contributed by atoms with Gasteiger partial charge in [-0.2, -0.15) is 5.26 Å². The smallest absolute Gasteiger partial charge is 0.305 e. The monoisotopic (exact) mass is 413 g/mol. The number of amides is 1. The van der Waals surface area contributed by atoms with E-state index in [-0.39, 0.29) is 18.9 Å². The van der Waals surface area contributed by atoms with Gasteiger partial charge in [0.1, 0.15) is 5.82 Å². The van der Waals surface area contributed by atoms with Gasteiger partial charge in [0.15, 0.2) is 6.19 Å². The number of carbonyl (C=O) groups is 2. The summed E-state index contributed by atoms with van der Waals surface area (Å²) in [6.45, 7) is 0. The highest BCUT2D eigenvalue weighted by molar-refractivity contribution is 5.96. The summed E-state index contributed by atoms with van der Waals surface area (Å²) in [5, 5.41) is 17.3. The third-order valence-electron chi connectivity index (χ3n) is 5.67. The number of nitriles is 1. The van der Waals surface area contributed by atoms with Crippen LogP contribution in [0.25, 0.3) is 0 Å². The number of nitrogens with one attached hydrogen (secondary N) is 3. The fourth-order valence-corrected chi connectivity index (χ4v) is 4.09. The first-order valence-corrected chi connectivity index (χ1v) is 10.1. The second kappa shape index (κ2) is 10.0. The first-order chi connectivity index (χ1) is 14.5. The molecule has 0 unspecified atom stereocenters. The Kier molecular flexibility index (Phi) is 7.19. The Morgan fingerprint density at radius 3 is 2.80 bits per heavy atom. The molecule has 4 atom stereocenters. The summed E-state index contributed by atoms with van der Waals surface area (Å²) in [4.78, 5) is 32.1. The number of esters is 1. The van der Waals surface area contributed by atoms with Crippen molar-refractivity contribution < 1.29 is 14.3 Å². The highest BCUT2D eigenvalue weighted by Crippen LogP contribution is 2.45. The molecule has 30 heavy (non-hydrogen) atoms. The number of aliphatic imine (C=N–C) groups is 1. The lowest BCUT2D eigenvalue weighted by Gasteiger charge is -2.19. The van der Waals surface area contributed by atoms with Crippen LogP contribution in [0.1, 0.15) is 38.5 Å². The van der Waals surface area contributed by atoms with Crippen molar-refractivity contribution in [3.8, 4) is 6.19 Å². The maximum atomic E-state index is 12.1. The first-order valence-electron chi connectivity index (χ1n) is 10.1. The molecular weight excluding hydrogens is 386 g/mol. The number of nitrogens with two attached hydrogens (primary N) is 1. The lowest BCUT2D eigenvalue weighted by molar-refractivity contribution is -0.140. The van der Waals surface area contributed by atoms with Gasteiger partial charge in [0.05, 0.1) is 31.1 Å². The van der Waals surface area contributed by atoms with Crippen LogP contribution in [0.5, 0.6) is 0 Å². The average Bonchev–Trinajstić information content (AvgIpc) is 3.36. The van der Waals surface area contributed by atoms with E-state index in [0.29, 0.717) is 23.4 Å². The minimum atomic E-state index is -0.844. The molecular formula is C20H27N7O3. The predicted octanol–water partition coefficient (Wildman–Crippen LogP) is 1.33. The molecule has 0 aromatic carbocycles. The molecule has 0 spiro atoms. The SMILES string of the molecule is COC(=O)CC[C@H](N)C(=O)Nc1ccc(NC(=N[C@H]2C[C@@H]3CC[C@H]2C3)NC#N)cn1. The molecule has 2 aliphatic carbocycles. The molecule has 1 heterocycles. The third kappa shape index (κ3) is 5.67. The number of guanidine groups is 1. The zero-order chi connectivity index (χ0) is 21.5. The van der Waals surface area contributed by atoms with Crippen molar-refractivity contribution >= 4 is 29.3 Å². The predicted molar refractivity (Wildman–Crippen MR) is 111 cm³/mol. The second-order valence-corrected chi connectivity index (χ2v) is 7.72. The molecule has 0 aliphatic heterocycles. The lowest BCUT2D eigenvalue weighted by atomic mass is 9.96. The fourth-order valence-electron chi connectivity index (χ4n) is 4.09. The number of methoxy groups -OCH3 is 1. The van der Waals surface area contributed by atoms with Gasteiger partial charge in [-0.05, 0) is 49.7 Å². The fraction of sp³-hybridized carbons (Fsp3) is 0.550. The normalized spacial score (nSPS) is 23.4. The number of rotatable bonds is 7. The van der Waals surface area contributed by atoms with Gasteiger partial charge in [0.25, 0.3) is 0 Å². The van der Waals surface area contributed by atoms with Gasteiger partial charge < -0.3 is 21.1 Å². The van der Waals surface area contributed by atoms with E-state index in [2.05, 4.69) is 25.7 Å². The Labute approximate surface area is 175 Å². The van der Waals surface area contributed by atoms with Crippen LogP contribution in [0, 0.1) is 23.3 Å². The van der Waals surface area contributed by atoms with Gasteiger partial charge >= 0.3 is 5.97 Å². The number of hydrogen-bond acceptors (Lipinski definition) is 7. The van der Waals surface area contributed by atoms with Crippen molar-refractivity contribution in [1.29, 1.82) is 5.26 Å². The molecule has 2 aliphatic rings. The van der Waals surface area contributed by atoms with Crippen LogP contribution in [0.3, 0.4) is 0 Å². The van der Waals surface area contributed by atoms with Gasteiger partial charge in [0.2, 0.25) is 11.9 Å². The summed E-state index contributed by atoms with van der Waals surface area (Å²) in [7, 11) is 1.29. The third-order valence-corrected chi connectivity index (χ3v) is 5.67. The van der Waals surface area contributed by atoms with E-state index >= 15 is 0 Å². The molecule has 0 radical (unpaired) electrons. The molecule has 2 fully saturated rings. The van der Waals surface area contributed by atoms with Crippen LogP contribution in [-0.2, 0) is 14.3 Å². The van der Waals surface area contributed by atoms with E-state index in [9.17, 15) is 9.59 Å². The zero-order valence-electron chi connectivity index (χ0n) is 16.9. The number of pyridine rings is 1. The Balaban J connectivity index is 1.54. The van der Waals surface area contributed by atoms with Crippen LogP contribution in [-0.4, -0.2) is 42.0 Å². The summed E-state index contributed by atoms with van der Waals surface area (Å²) in [5.41, 5.74) is 6.42. The van der Waals surface area contributed by atoms with E-state index in [1.165, 1.54) is 32.6 Å². The van der Waals surface area contributed by atoms with Gasteiger partial charge in [-0.1, -0.05) is 6.42 Å². The summed E-state index contributed by atoms with van der Waals surface area (Å²) >= 11 is 0. The zero-order valence-corrected chi connectivity index (χ0v) is 16.9. The van der Waals surface area contributed by atoms with E-state index < -0.39 is 17.9 Å². The van der Waals surface area contributed by atoms with Crippen molar-refractivity contribution in [2.24, 2.45) is 22.6 Å². The number of fused-ring (bicyclic) bond motifs is 2. The second-order valence-electron chi connectivity index (χ2n) is 7.72. The average molecular weight is 413 g/mol. The minimum absolute atomic E-state index is 0.0674. The minimum Gasteiger partial charge on any atom is -0.469 e. The number of aromatic nitrogens is 1. The molecule has 0 saturated heterocycles. The van der Waals surface area contributed by atoms with Crippen molar-refractivity contribution in [3.63, 3.8) is 0 Å². The van der Waals surface area contributed by atoms with Gasteiger partial charge in [0, 0.05) is 6.42 Å². The van der Waals surface area contributed by atoms with E-state index in [1.807, 2.05) is 6.19 Å². The maximum absolute atomic E-state index is 12.1. The summed E-state index contributed by atoms with van der Waals surface area (Å²) in [6, 6.07) is 2.74. The Bertz CT molecular complexity index is 834. The van der Waals surface area contributed by atoms with Crippen molar-refractivity contribution in [2.75, 3.05) is 17.7 Å². The maximum Gasteiger partial charge on any atom is 0.305 e. The van der Waals surface area contributed by atoms with Crippen LogP contribution >= 0.6 is 0 Å². The molecule has 10 heteroatoms. The number of nitrogens with zero attached hydrogens (tertiary/aromatic N) is 3. The Hall–Kier alpha value is -3.19. The Morgan fingerprint density at radius 1 is 1.37 bits per heavy atom. The van der Waals surface area contributed by atoms with E-state index in [1.54, 1.807) is 12.1 Å².